The fourth-order valence-electron chi connectivity index (χ4n) is 4.35. The Kier molecular flexibility index (Phi) is 4.95. The number of likely N-dealkylation sites (tertiary alicyclic amines) is 1. The molecule has 3 aromatic carbocycles. The van der Waals surface area contributed by atoms with Crippen LogP contribution in [0.1, 0.15) is 42.0 Å². The van der Waals surface area contributed by atoms with Crippen molar-refractivity contribution in [2.45, 2.75) is 38.3 Å². The number of hydrogen-bond acceptors (Lipinski definition) is 2. The van der Waals surface area contributed by atoms with Crippen LogP contribution in [0.4, 0.5) is 0 Å². The first kappa shape index (κ1) is 17.7. The zero-order chi connectivity index (χ0) is 18.8. The maximum absolute atomic E-state index is 12.0. The van der Waals surface area contributed by atoms with Crippen molar-refractivity contribution in [1.82, 2.24) is 4.90 Å². The van der Waals surface area contributed by atoms with Gasteiger partial charge < -0.3 is 5.11 Å². The highest BCUT2D eigenvalue weighted by atomic mass is 16.4. The van der Waals surface area contributed by atoms with Crippen LogP contribution in [0, 0.1) is 6.92 Å². The van der Waals surface area contributed by atoms with E-state index in [0.717, 1.165) is 24.9 Å². The molecule has 0 amide bonds. The molecule has 4 rings (SSSR count). The van der Waals surface area contributed by atoms with Crippen LogP contribution in [0.2, 0.25) is 0 Å². The fraction of sp³-hybridized carbons (Fsp3) is 0.292. The molecule has 138 valence electrons. The fourth-order valence-corrected chi connectivity index (χ4v) is 4.35. The van der Waals surface area contributed by atoms with Crippen molar-refractivity contribution >= 4 is 16.7 Å². The molecule has 0 aromatic heterocycles. The summed E-state index contributed by atoms with van der Waals surface area (Å²) in [5.74, 6) is -0.714. The van der Waals surface area contributed by atoms with Gasteiger partial charge >= 0.3 is 5.97 Å². The summed E-state index contributed by atoms with van der Waals surface area (Å²) in [6, 6.07) is 22.7. The molecule has 27 heavy (non-hydrogen) atoms. The minimum absolute atomic E-state index is 0.0443. The smallest absolute Gasteiger partial charge is 0.320 e. The molecule has 0 bridgehead atoms. The predicted molar refractivity (Wildman–Crippen MR) is 109 cm³/mol. The number of aliphatic carboxylic acids is 1. The van der Waals surface area contributed by atoms with Gasteiger partial charge in [0.1, 0.15) is 6.04 Å². The number of aryl methyl sites for hydroxylation is 1. The van der Waals surface area contributed by atoms with E-state index in [1.807, 2.05) is 12.1 Å². The number of nitrogens with zero attached hydrogens (tertiary/aromatic N) is 1. The van der Waals surface area contributed by atoms with Crippen LogP contribution in [0.15, 0.2) is 66.7 Å². The molecule has 1 N–H and O–H groups in total. The largest absolute Gasteiger partial charge is 0.480 e. The molecular formula is C24H25NO2. The van der Waals surface area contributed by atoms with Crippen LogP contribution < -0.4 is 0 Å². The monoisotopic (exact) mass is 359 g/mol. The molecule has 3 aromatic rings. The number of carboxylic acid groups (broad SMARTS) is 1. The van der Waals surface area contributed by atoms with Crippen LogP contribution in [0.3, 0.4) is 0 Å². The second kappa shape index (κ2) is 7.53. The van der Waals surface area contributed by atoms with Crippen molar-refractivity contribution in [3.8, 4) is 0 Å². The van der Waals surface area contributed by atoms with Gasteiger partial charge in [-0.1, -0.05) is 67.1 Å². The molecule has 3 heteroatoms. The molecule has 2 unspecified atom stereocenters. The average molecular weight is 359 g/mol. The lowest BCUT2D eigenvalue weighted by Crippen LogP contribution is -2.47. The van der Waals surface area contributed by atoms with Crippen molar-refractivity contribution in [1.29, 1.82) is 0 Å². The SMILES string of the molecule is Cc1ccccc1C(c1ccc2ccccc2c1)N1CCCCC1C(=O)O. The summed E-state index contributed by atoms with van der Waals surface area (Å²) in [6.45, 7) is 2.92. The molecule has 1 aliphatic rings. The average Bonchev–Trinajstić information content (AvgIpc) is 2.70. The first-order chi connectivity index (χ1) is 13.1. The molecule has 0 saturated carbocycles. The second-order valence-electron chi connectivity index (χ2n) is 7.45. The van der Waals surface area contributed by atoms with Gasteiger partial charge in [0.15, 0.2) is 0 Å². The van der Waals surface area contributed by atoms with Crippen LogP contribution in [0.5, 0.6) is 0 Å². The highest BCUT2D eigenvalue weighted by Gasteiger charge is 2.35. The highest BCUT2D eigenvalue weighted by Crippen LogP contribution is 2.36. The van der Waals surface area contributed by atoms with Crippen molar-refractivity contribution in [3.63, 3.8) is 0 Å². The third-order valence-electron chi connectivity index (χ3n) is 5.73. The van der Waals surface area contributed by atoms with Crippen LogP contribution in [0.25, 0.3) is 10.8 Å². The van der Waals surface area contributed by atoms with E-state index in [9.17, 15) is 9.90 Å². The van der Waals surface area contributed by atoms with Crippen LogP contribution in [-0.4, -0.2) is 28.6 Å². The summed E-state index contributed by atoms with van der Waals surface area (Å²) in [7, 11) is 0. The van der Waals surface area contributed by atoms with Gasteiger partial charge in [-0.25, -0.2) is 0 Å². The minimum atomic E-state index is -0.714. The molecule has 1 aliphatic heterocycles. The normalized spacial score (nSPS) is 19.1. The van der Waals surface area contributed by atoms with E-state index in [1.54, 1.807) is 0 Å². The Labute approximate surface area is 160 Å². The number of fused-ring (bicyclic) bond motifs is 1. The van der Waals surface area contributed by atoms with E-state index in [-0.39, 0.29) is 6.04 Å². The quantitative estimate of drug-likeness (QED) is 0.698. The third kappa shape index (κ3) is 3.47. The number of carboxylic acids is 1. The van der Waals surface area contributed by atoms with Gasteiger partial charge in [-0.05, 0) is 59.8 Å². The molecule has 0 radical (unpaired) electrons. The standard InChI is InChI=1S/C24H25NO2/c1-17-8-2-5-11-21(17)23(25-15-7-6-12-22(25)24(26)27)20-14-13-18-9-3-4-10-19(18)16-20/h2-5,8-11,13-14,16,22-23H,6-7,12,15H2,1H3,(H,26,27). The Morgan fingerprint density at radius 2 is 1.74 bits per heavy atom. The van der Waals surface area contributed by atoms with E-state index in [4.69, 9.17) is 0 Å². The molecule has 2 atom stereocenters. The Morgan fingerprint density at radius 3 is 2.52 bits per heavy atom. The zero-order valence-corrected chi connectivity index (χ0v) is 15.6. The summed E-state index contributed by atoms with van der Waals surface area (Å²) >= 11 is 0. The summed E-state index contributed by atoms with van der Waals surface area (Å²) in [5.41, 5.74) is 3.56. The maximum atomic E-state index is 12.0. The highest BCUT2D eigenvalue weighted by molar-refractivity contribution is 5.83. The Hall–Kier alpha value is -2.65. The van der Waals surface area contributed by atoms with Crippen molar-refractivity contribution < 1.29 is 9.90 Å². The van der Waals surface area contributed by atoms with Gasteiger partial charge in [0, 0.05) is 0 Å². The summed E-state index contributed by atoms with van der Waals surface area (Å²) in [4.78, 5) is 14.2. The minimum Gasteiger partial charge on any atom is -0.480 e. The van der Waals surface area contributed by atoms with Crippen molar-refractivity contribution in [2.24, 2.45) is 0 Å². The summed E-state index contributed by atoms with van der Waals surface area (Å²) in [5, 5.41) is 12.2. The third-order valence-corrected chi connectivity index (χ3v) is 5.73. The number of hydrogen-bond donors (Lipinski definition) is 1. The van der Waals surface area contributed by atoms with Crippen molar-refractivity contribution in [2.75, 3.05) is 6.54 Å². The van der Waals surface area contributed by atoms with Crippen LogP contribution in [-0.2, 0) is 4.79 Å². The summed E-state index contributed by atoms with van der Waals surface area (Å²) < 4.78 is 0. The van der Waals surface area contributed by atoms with Gasteiger partial charge in [0.25, 0.3) is 0 Å². The molecule has 1 heterocycles. The zero-order valence-electron chi connectivity index (χ0n) is 15.6. The molecule has 1 saturated heterocycles. The lowest BCUT2D eigenvalue weighted by atomic mass is 9.89. The van der Waals surface area contributed by atoms with E-state index in [0.29, 0.717) is 6.42 Å². The predicted octanol–water partition coefficient (Wildman–Crippen LogP) is 5.18. The van der Waals surface area contributed by atoms with Gasteiger partial charge in [0.2, 0.25) is 0 Å². The van der Waals surface area contributed by atoms with Gasteiger partial charge in [-0.15, -0.1) is 0 Å². The lowest BCUT2D eigenvalue weighted by molar-refractivity contribution is -0.145. The Balaban J connectivity index is 1.87. The van der Waals surface area contributed by atoms with Gasteiger partial charge in [-0.2, -0.15) is 0 Å². The second-order valence-corrected chi connectivity index (χ2v) is 7.45. The summed E-state index contributed by atoms with van der Waals surface area (Å²) in [6.07, 6.45) is 2.73. The first-order valence-corrected chi connectivity index (χ1v) is 9.68. The van der Waals surface area contributed by atoms with E-state index in [1.165, 1.54) is 21.9 Å². The molecule has 0 spiro atoms. The maximum Gasteiger partial charge on any atom is 0.320 e. The van der Waals surface area contributed by atoms with E-state index < -0.39 is 12.0 Å². The Bertz CT molecular complexity index is 965. The molecular weight excluding hydrogens is 334 g/mol. The van der Waals surface area contributed by atoms with Gasteiger partial charge in [0.05, 0.1) is 6.04 Å². The van der Waals surface area contributed by atoms with Crippen molar-refractivity contribution in [3.05, 3.63) is 83.4 Å². The van der Waals surface area contributed by atoms with E-state index >= 15 is 0 Å². The van der Waals surface area contributed by atoms with E-state index in [2.05, 4.69) is 66.4 Å². The molecule has 0 aliphatic carbocycles. The van der Waals surface area contributed by atoms with Crippen LogP contribution >= 0.6 is 0 Å². The Morgan fingerprint density at radius 1 is 1.00 bits per heavy atom. The lowest BCUT2D eigenvalue weighted by Gasteiger charge is -2.40. The number of benzene rings is 3. The van der Waals surface area contributed by atoms with Gasteiger partial charge in [-0.3, -0.25) is 9.69 Å². The topological polar surface area (TPSA) is 40.5 Å². The number of rotatable bonds is 4. The number of carbonyl (C=O) groups is 1. The molecule has 1 fully saturated rings. The molecule has 3 nitrogen and oxygen atoms in total. The first-order valence-electron chi connectivity index (χ1n) is 9.68. The number of piperidine rings is 1.